The van der Waals surface area contributed by atoms with Gasteiger partial charge >= 0.3 is 0 Å². The van der Waals surface area contributed by atoms with Gasteiger partial charge in [-0.2, -0.15) is 0 Å². The maximum Gasteiger partial charge on any atom is 0.157 e. The molecule has 0 saturated carbocycles. The number of pyridine rings is 1. The first-order chi connectivity index (χ1) is 6.86. The molecule has 0 spiro atoms. The van der Waals surface area contributed by atoms with E-state index in [0.717, 1.165) is 23.0 Å². The Morgan fingerprint density at radius 3 is 3.29 bits per heavy atom. The fraction of sp³-hybridized carbons (Fsp3) is 0.222. The van der Waals surface area contributed by atoms with E-state index in [4.69, 9.17) is 0 Å². The molecule has 0 fully saturated rings. The lowest BCUT2D eigenvalue weighted by Crippen LogP contribution is -2.16. The van der Waals surface area contributed by atoms with Crippen molar-refractivity contribution >= 4 is 5.69 Å². The Morgan fingerprint density at radius 1 is 1.43 bits per heavy atom. The predicted molar refractivity (Wildman–Crippen MR) is 51.2 cm³/mol. The highest BCUT2D eigenvalue weighted by atomic mass is 15.3. The fourth-order valence-corrected chi connectivity index (χ4v) is 1.73. The van der Waals surface area contributed by atoms with Crippen molar-refractivity contribution in [1.82, 2.24) is 19.7 Å². The van der Waals surface area contributed by atoms with Gasteiger partial charge in [0.15, 0.2) is 5.82 Å². The predicted octanol–water partition coefficient (Wildman–Crippen LogP) is 0.896. The van der Waals surface area contributed by atoms with Gasteiger partial charge in [0.25, 0.3) is 0 Å². The molecule has 3 heterocycles. The zero-order valence-electron chi connectivity index (χ0n) is 7.73. The second-order valence-corrected chi connectivity index (χ2v) is 3.25. The number of nitrogens with zero attached hydrogens (tertiary/aromatic N) is 4. The molecule has 0 aromatic carbocycles. The molecule has 1 N–H and O–H groups in total. The van der Waals surface area contributed by atoms with Gasteiger partial charge < -0.3 is 5.32 Å². The molecule has 1 aliphatic heterocycles. The van der Waals surface area contributed by atoms with Crippen LogP contribution in [0.2, 0.25) is 0 Å². The lowest BCUT2D eigenvalue weighted by molar-refractivity contribution is 0.846. The molecule has 14 heavy (non-hydrogen) atoms. The Morgan fingerprint density at radius 2 is 2.36 bits per heavy atom. The van der Waals surface area contributed by atoms with Crippen LogP contribution >= 0.6 is 0 Å². The number of rotatable bonds is 0. The van der Waals surface area contributed by atoms with Crippen LogP contribution < -0.4 is 5.32 Å². The van der Waals surface area contributed by atoms with Crippen molar-refractivity contribution in [1.29, 1.82) is 0 Å². The van der Waals surface area contributed by atoms with Gasteiger partial charge in [-0.3, -0.25) is 9.55 Å². The average Bonchev–Trinajstić information content (AvgIpc) is 2.61. The molecule has 1 aliphatic rings. The first kappa shape index (κ1) is 7.49. The van der Waals surface area contributed by atoms with Crippen LogP contribution in [0.3, 0.4) is 0 Å². The Labute approximate surface area is 80.8 Å². The standard InChI is InChI=1S/C9H9N5/c1-6-12-13-9-5-11-7-4-10-3-2-8(7)14(6)9/h2-4,11H,5H2,1H3. The van der Waals surface area contributed by atoms with E-state index in [1.165, 1.54) is 0 Å². The van der Waals surface area contributed by atoms with Crippen LogP contribution in [0.4, 0.5) is 5.69 Å². The highest BCUT2D eigenvalue weighted by Gasteiger charge is 2.18. The summed E-state index contributed by atoms with van der Waals surface area (Å²) in [6, 6.07) is 1.96. The molecule has 0 atom stereocenters. The van der Waals surface area contributed by atoms with Crippen molar-refractivity contribution < 1.29 is 0 Å². The first-order valence-corrected chi connectivity index (χ1v) is 4.45. The Bertz CT molecular complexity index is 488. The maximum absolute atomic E-state index is 4.09. The summed E-state index contributed by atoms with van der Waals surface area (Å²) in [7, 11) is 0. The molecule has 70 valence electrons. The van der Waals surface area contributed by atoms with Gasteiger partial charge in [-0.25, -0.2) is 0 Å². The van der Waals surface area contributed by atoms with E-state index in [9.17, 15) is 0 Å². The van der Waals surface area contributed by atoms with Crippen LogP contribution in [0.1, 0.15) is 11.6 Å². The zero-order chi connectivity index (χ0) is 9.54. The number of hydrogen-bond acceptors (Lipinski definition) is 4. The number of anilines is 1. The van der Waals surface area contributed by atoms with Crippen LogP contribution in [0, 0.1) is 6.92 Å². The third-order valence-electron chi connectivity index (χ3n) is 2.37. The van der Waals surface area contributed by atoms with Crippen molar-refractivity contribution in [2.75, 3.05) is 5.32 Å². The molecule has 0 aliphatic carbocycles. The minimum atomic E-state index is 0.708. The molecule has 5 nitrogen and oxygen atoms in total. The van der Waals surface area contributed by atoms with Crippen LogP contribution in [0.25, 0.3) is 5.69 Å². The van der Waals surface area contributed by atoms with E-state index in [2.05, 4.69) is 20.5 Å². The molecule has 3 rings (SSSR count). The number of aryl methyl sites for hydroxylation is 1. The average molecular weight is 187 g/mol. The lowest BCUT2D eigenvalue weighted by Gasteiger charge is -2.19. The van der Waals surface area contributed by atoms with Gasteiger partial charge in [-0.05, 0) is 13.0 Å². The second-order valence-electron chi connectivity index (χ2n) is 3.25. The summed E-state index contributed by atoms with van der Waals surface area (Å²) in [5, 5.41) is 11.4. The lowest BCUT2D eigenvalue weighted by atomic mass is 10.3. The smallest absolute Gasteiger partial charge is 0.157 e. The van der Waals surface area contributed by atoms with Gasteiger partial charge in [-0.1, -0.05) is 0 Å². The Hall–Kier alpha value is -1.91. The van der Waals surface area contributed by atoms with E-state index in [1.54, 1.807) is 6.20 Å². The second kappa shape index (κ2) is 2.54. The summed E-state index contributed by atoms with van der Waals surface area (Å²) in [5.41, 5.74) is 2.10. The van der Waals surface area contributed by atoms with Crippen LogP contribution in [0.15, 0.2) is 18.5 Å². The third-order valence-corrected chi connectivity index (χ3v) is 2.37. The topological polar surface area (TPSA) is 55.6 Å². The molecule has 2 aromatic heterocycles. The van der Waals surface area contributed by atoms with Crippen molar-refractivity contribution in [3.63, 3.8) is 0 Å². The maximum atomic E-state index is 4.09. The van der Waals surface area contributed by atoms with Gasteiger partial charge in [0.05, 0.1) is 24.1 Å². The van der Waals surface area contributed by atoms with Crippen molar-refractivity contribution in [2.24, 2.45) is 0 Å². The minimum Gasteiger partial charge on any atom is -0.375 e. The van der Waals surface area contributed by atoms with Crippen molar-refractivity contribution in [3.05, 3.63) is 30.1 Å². The number of aromatic nitrogens is 4. The van der Waals surface area contributed by atoms with E-state index in [0.29, 0.717) is 6.54 Å². The highest BCUT2D eigenvalue weighted by Crippen LogP contribution is 2.25. The quantitative estimate of drug-likeness (QED) is 0.665. The molecular weight excluding hydrogens is 178 g/mol. The molecule has 5 heteroatoms. The van der Waals surface area contributed by atoms with Crippen molar-refractivity contribution in [2.45, 2.75) is 13.5 Å². The first-order valence-electron chi connectivity index (χ1n) is 4.45. The van der Waals surface area contributed by atoms with Gasteiger partial charge in [0.1, 0.15) is 5.82 Å². The Balaban J connectivity index is 2.32. The van der Waals surface area contributed by atoms with E-state index < -0.39 is 0 Å². The van der Waals surface area contributed by atoms with E-state index in [1.807, 2.05) is 23.8 Å². The third kappa shape index (κ3) is 0.863. The summed E-state index contributed by atoms with van der Waals surface area (Å²) >= 11 is 0. The molecule has 0 radical (unpaired) electrons. The molecule has 0 amide bonds. The molecule has 0 saturated heterocycles. The van der Waals surface area contributed by atoms with E-state index >= 15 is 0 Å². The summed E-state index contributed by atoms with van der Waals surface area (Å²) < 4.78 is 2.05. The monoisotopic (exact) mass is 187 g/mol. The summed E-state index contributed by atoms with van der Waals surface area (Å²) in [4.78, 5) is 4.07. The highest BCUT2D eigenvalue weighted by molar-refractivity contribution is 5.62. The molecule has 0 bridgehead atoms. The van der Waals surface area contributed by atoms with Crippen molar-refractivity contribution in [3.8, 4) is 5.69 Å². The van der Waals surface area contributed by atoms with Gasteiger partial charge in [-0.15, -0.1) is 10.2 Å². The number of fused-ring (bicyclic) bond motifs is 3. The largest absolute Gasteiger partial charge is 0.375 e. The van der Waals surface area contributed by atoms with Crippen LogP contribution in [0.5, 0.6) is 0 Å². The van der Waals surface area contributed by atoms with E-state index in [-0.39, 0.29) is 0 Å². The Kier molecular flexibility index (Phi) is 1.36. The SMILES string of the molecule is Cc1nnc2n1-c1ccncc1NC2. The normalized spacial score (nSPS) is 12.9. The van der Waals surface area contributed by atoms with Gasteiger partial charge in [0, 0.05) is 6.20 Å². The molecular formula is C9H9N5. The minimum absolute atomic E-state index is 0.708. The van der Waals surface area contributed by atoms with Crippen LogP contribution in [-0.2, 0) is 6.54 Å². The number of nitrogens with one attached hydrogen (secondary N) is 1. The summed E-state index contributed by atoms with van der Waals surface area (Å²) in [6.45, 7) is 2.66. The molecule has 2 aromatic rings. The number of hydrogen-bond donors (Lipinski definition) is 1. The van der Waals surface area contributed by atoms with Gasteiger partial charge in [0.2, 0.25) is 0 Å². The molecule has 0 unspecified atom stereocenters. The zero-order valence-corrected chi connectivity index (χ0v) is 7.73. The summed E-state index contributed by atoms with van der Waals surface area (Å²) in [6.07, 6.45) is 3.59. The summed E-state index contributed by atoms with van der Waals surface area (Å²) in [5.74, 6) is 1.86. The fourth-order valence-electron chi connectivity index (χ4n) is 1.73. The van der Waals surface area contributed by atoms with Crippen LogP contribution in [-0.4, -0.2) is 19.7 Å².